The second-order valence-corrected chi connectivity index (χ2v) is 6.33. The summed E-state index contributed by atoms with van der Waals surface area (Å²) in [6, 6.07) is 13.3. The van der Waals surface area contributed by atoms with E-state index in [9.17, 15) is 4.79 Å². The highest BCUT2D eigenvalue weighted by molar-refractivity contribution is 6.31. The summed E-state index contributed by atoms with van der Waals surface area (Å²) in [4.78, 5) is 12.7. The van der Waals surface area contributed by atoms with Crippen molar-refractivity contribution in [3.05, 3.63) is 58.6 Å². The molecule has 1 fully saturated rings. The summed E-state index contributed by atoms with van der Waals surface area (Å²) < 4.78 is 10.7. The highest BCUT2D eigenvalue weighted by atomic mass is 35.5. The highest BCUT2D eigenvalue weighted by Crippen LogP contribution is 2.50. The molecule has 0 aromatic heterocycles. The van der Waals surface area contributed by atoms with Crippen LogP contribution >= 0.6 is 11.6 Å². The number of hydrogen-bond donors (Lipinski definition) is 1. The Balaban J connectivity index is 1.50. The van der Waals surface area contributed by atoms with Crippen LogP contribution in [0.25, 0.3) is 0 Å². The van der Waals surface area contributed by atoms with Crippen molar-refractivity contribution in [2.75, 3.05) is 6.79 Å². The van der Waals surface area contributed by atoms with E-state index in [0.29, 0.717) is 17.3 Å². The molecule has 2 aromatic carbocycles. The van der Waals surface area contributed by atoms with Crippen LogP contribution < -0.4 is 14.8 Å². The third-order valence-corrected chi connectivity index (χ3v) is 4.88. The molecule has 0 atom stereocenters. The lowest BCUT2D eigenvalue weighted by Gasteiger charge is -2.16. The second kappa shape index (κ2) is 5.46. The summed E-state index contributed by atoms with van der Waals surface area (Å²) in [7, 11) is 0. The van der Waals surface area contributed by atoms with Crippen LogP contribution in [0.2, 0.25) is 5.02 Å². The van der Waals surface area contributed by atoms with Crippen LogP contribution in [0.4, 0.5) is 0 Å². The van der Waals surface area contributed by atoms with E-state index in [-0.39, 0.29) is 12.7 Å². The molecule has 0 saturated heterocycles. The quantitative estimate of drug-likeness (QED) is 0.935. The summed E-state index contributed by atoms with van der Waals surface area (Å²) in [6.07, 6.45) is 1.70. The number of halogens is 1. The van der Waals surface area contributed by atoms with Gasteiger partial charge >= 0.3 is 0 Å². The van der Waals surface area contributed by atoms with Crippen molar-refractivity contribution < 1.29 is 14.3 Å². The van der Waals surface area contributed by atoms with E-state index in [1.807, 2.05) is 42.5 Å². The fourth-order valence-corrected chi connectivity index (χ4v) is 3.16. The zero-order valence-corrected chi connectivity index (χ0v) is 13.2. The van der Waals surface area contributed by atoms with Crippen LogP contribution in [0.15, 0.2) is 42.5 Å². The largest absolute Gasteiger partial charge is 0.454 e. The SMILES string of the molecule is O=C(NCc1ccccc1Cl)C1(c2ccc3c(c2)OCO3)CC1. The molecule has 1 aliphatic heterocycles. The van der Waals surface area contributed by atoms with Gasteiger partial charge < -0.3 is 14.8 Å². The monoisotopic (exact) mass is 329 g/mol. The van der Waals surface area contributed by atoms with Crippen LogP contribution in [0.1, 0.15) is 24.0 Å². The Kier molecular flexibility index (Phi) is 3.42. The first-order chi connectivity index (χ1) is 11.2. The Labute approximate surface area is 139 Å². The molecule has 1 amide bonds. The standard InChI is InChI=1S/C18H16ClNO3/c19-14-4-2-1-3-12(14)10-20-17(21)18(7-8-18)13-5-6-15-16(9-13)23-11-22-15/h1-6,9H,7-8,10-11H2,(H,20,21). The minimum atomic E-state index is -0.442. The molecular weight excluding hydrogens is 314 g/mol. The molecule has 0 unspecified atom stereocenters. The van der Waals surface area contributed by atoms with Gasteiger partial charge in [-0.15, -0.1) is 0 Å². The second-order valence-electron chi connectivity index (χ2n) is 5.92. The van der Waals surface area contributed by atoms with E-state index < -0.39 is 5.41 Å². The predicted octanol–water partition coefficient (Wildman–Crippen LogP) is 3.42. The van der Waals surface area contributed by atoms with E-state index >= 15 is 0 Å². The molecule has 1 N–H and O–H groups in total. The smallest absolute Gasteiger partial charge is 0.231 e. The molecule has 2 aliphatic rings. The first-order valence-electron chi connectivity index (χ1n) is 7.61. The zero-order chi connectivity index (χ0) is 15.9. The summed E-state index contributed by atoms with van der Waals surface area (Å²) in [5, 5.41) is 3.68. The van der Waals surface area contributed by atoms with E-state index in [0.717, 1.165) is 29.7 Å². The van der Waals surface area contributed by atoms with Crippen molar-refractivity contribution in [3.8, 4) is 11.5 Å². The molecule has 23 heavy (non-hydrogen) atoms. The van der Waals surface area contributed by atoms with Crippen LogP contribution in [0.3, 0.4) is 0 Å². The van der Waals surface area contributed by atoms with Crippen LogP contribution in [0, 0.1) is 0 Å². The molecule has 1 heterocycles. The van der Waals surface area contributed by atoms with Crippen LogP contribution in [0.5, 0.6) is 11.5 Å². The maximum Gasteiger partial charge on any atom is 0.231 e. The van der Waals surface area contributed by atoms with Crippen molar-refractivity contribution in [3.63, 3.8) is 0 Å². The van der Waals surface area contributed by atoms with Crippen molar-refractivity contribution >= 4 is 17.5 Å². The molecule has 5 heteroatoms. The lowest BCUT2D eigenvalue weighted by atomic mass is 9.94. The van der Waals surface area contributed by atoms with Crippen molar-refractivity contribution in [2.24, 2.45) is 0 Å². The molecule has 0 bridgehead atoms. The molecule has 1 aliphatic carbocycles. The fourth-order valence-electron chi connectivity index (χ4n) is 2.95. The number of benzene rings is 2. The summed E-state index contributed by atoms with van der Waals surface area (Å²) in [5.74, 6) is 1.49. The number of hydrogen-bond acceptors (Lipinski definition) is 3. The fraction of sp³-hybridized carbons (Fsp3) is 0.278. The van der Waals surface area contributed by atoms with Gasteiger partial charge in [-0.1, -0.05) is 35.9 Å². The Morgan fingerprint density at radius 1 is 1.13 bits per heavy atom. The number of ether oxygens (including phenoxy) is 2. The predicted molar refractivity (Wildman–Crippen MR) is 86.8 cm³/mol. The summed E-state index contributed by atoms with van der Waals surface area (Å²) >= 11 is 6.14. The van der Waals surface area contributed by atoms with Gasteiger partial charge in [0.2, 0.25) is 12.7 Å². The maximum atomic E-state index is 12.7. The Bertz CT molecular complexity index is 771. The van der Waals surface area contributed by atoms with Crippen molar-refractivity contribution in [1.82, 2.24) is 5.32 Å². The highest BCUT2D eigenvalue weighted by Gasteiger charge is 2.51. The van der Waals surface area contributed by atoms with E-state index in [1.165, 1.54) is 0 Å². The third-order valence-electron chi connectivity index (χ3n) is 4.51. The lowest BCUT2D eigenvalue weighted by molar-refractivity contribution is -0.123. The molecule has 0 spiro atoms. The molecule has 4 rings (SSSR count). The van der Waals surface area contributed by atoms with Gasteiger partial charge in [0.15, 0.2) is 11.5 Å². The number of amides is 1. The van der Waals surface area contributed by atoms with Gasteiger partial charge in [0.1, 0.15) is 0 Å². The maximum absolute atomic E-state index is 12.7. The number of fused-ring (bicyclic) bond motifs is 1. The number of nitrogens with one attached hydrogen (secondary N) is 1. The van der Waals surface area contributed by atoms with Crippen LogP contribution in [-0.2, 0) is 16.8 Å². The van der Waals surface area contributed by atoms with E-state index in [2.05, 4.69) is 5.32 Å². The van der Waals surface area contributed by atoms with Gasteiger partial charge in [-0.2, -0.15) is 0 Å². The first-order valence-corrected chi connectivity index (χ1v) is 7.99. The topological polar surface area (TPSA) is 47.6 Å². The Hall–Kier alpha value is -2.20. The van der Waals surface area contributed by atoms with Gasteiger partial charge in [-0.3, -0.25) is 4.79 Å². The van der Waals surface area contributed by atoms with Gasteiger partial charge in [-0.25, -0.2) is 0 Å². The molecule has 1 saturated carbocycles. The van der Waals surface area contributed by atoms with Gasteiger partial charge in [-0.05, 0) is 42.2 Å². The normalized spacial score (nSPS) is 16.9. The third kappa shape index (κ3) is 2.53. The summed E-state index contributed by atoms with van der Waals surface area (Å²) in [6.45, 7) is 0.676. The van der Waals surface area contributed by atoms with Gasteiger partial charge in [0, 0.05) is 11.6 Å². The van der Waals surface area contributed by atoms with Crippen molar-refractivity contribution in [2.45, 2.75) is 24.8 Å². The number of carbonyl (C=O) groups is 1. The average molecular weight is 330 g/mol. The Morgan fingerprint density at radius 2 is 1.91 bits per heavy atom. The molecule has 4 nitrogen and oxygen atoms in total. The Morgan fingerprint density at radius 3 is 2.70 bits per heavy atom. The number of rotatable bonds is 4. The lowest BCUT2D eigenvalue weighted by Crippen LogP contribution is -2.34. The number of carbonyl (C=O) groups excluding carboxylic acids is 1. The van der Waals surface area contributed by atoms with Gasteiger partial charge in [0.05, 0.1) is 5.41 Å². The average Bonchev–Trinajstić information content (AvgIpc) is 3.25. The molecule has 0 radical (unpaired) electrons. The zero-order valence-electron chi connectivity index (χ0n) is 12.5. The molecular formula is C18H16ClNO3. The summed E-state index contributed by atoms with van der Waals surface area (Å²) in [5.41, 5.74) is 1.46. The minimum absolute atomic E-state index is 0.0382. The molecule has 2 aromatic rings. The van der Waals surface area contributed by atoms with Crippen LogP contribution in [-0.4, -0.2) is 12.7 Å². The van der Waals surface area contributed by atoms with Gasteiger partial charge in [0.25, 0.3) is 0 Å². The minimum Gasteiger partial charge on any atom is -0.454 e. The van der Waals surface area contributed by atoms with E-state index in [4.69, 9.17) is 21.1 Å². The van der Waals surface area contributed by atoms with Crippen molar-refractivity contribution in [1.29, 1.82) is 0 Å². The van der Waals surface area contributed by atoms with E-state index in [1.54, 1.807) is 0 Å². The molecule has 118 valence electrons. The first kappa shape index (κ1) is 14.4.